The molecule has 0 saturated heterocycles. The van der Waals surface area contributed by atoms with Crippen LogP contribution >= 0.6 is 11.6 Å². The minimum absolute atomic E-state index is 0.0472. The minimum Gasteiger partial charge on any atom is -0.345 e. The van der Waals surface area contributed by atoms with Gasteiger partial charge in [-0.25, -0.2) is 0 Å². The Labute approximate surface area is 172 Å². The van der Waals surface area contributed by atoms with Crippen molar-refractivity contribution in [3.8, 4) is 0 Å². The number of nitrogens with zero attached hydrogens (tertiary/aromatic N) is 2. The molecule has 0 aliphatic heterocycles. The van der Waals surface area contributed by atoms with Gasteiger partial charge in [-0.1, -0.05) is 74.5 Å². The molecule has 28 heavy (non-hydrogen) atoms. The van der Waals surface area contributed by atoms with E-state index in [0.717, 1.165) is 17.8 Å². The van der Waals surface area contributed by atoms with E-state index in [4.69, 9.17) is 11.6 Å². The summed E-state index contributed by atoms with van der Waals surface area (Å²) < 4.78 is 2.20. The van der Waals surface area contributed by atoms with Crippen molar-refractivity contribution in [1.82, 2.24) is 9.47 Å². The Morgan fingerprint density at radius 2 is 1.61 bits per heavy atom. The first kappa shape index (κ1) is 20.2. The monoisotopic (exact) mass is 394 g/mol. The summed E-state index contributed by atoms with van der Waals surface area (Å²) in [7, 11) is 0. The minimum atomic E-state index is -0.669. The summed E-state index contributed by atoms with van der Waals surface area (Å²) >= 11 is 6.55. The van der Waals surface area contributed by atoms with Crippen LogP contribution in [-0.2, 0) is 17.9 Å². The number of alkyl halides is 1. The van der Waals surface area contributed by atoms with Crippen LogP contribution in [0.25, 0.3) is 0 Å². The number of aromatic nitrogens is 1. The predicted octanol–water partition coefficient (Wildman–Crippen LogP) is 5.50. The van der Waals surface area contributed by atoms with Crippen LogP contribution in [0, 0.1) is 5.92 Å². The quantitative estimate of drug-likeness (QED) is 0.463. The Balaban J connectivity index is 1.78. The fraction of sp³-hybridized carbons (Fsp3) is 0.292. The van der Waals surface area contributed by atoms with Gasteiger partial charge in [-0.15, -0.1) is 11.6 Å². The molecule has 4 heteroatoms. The van der Waals surface area contributed by atoms with E-state index in [1.807, 2.05) is 59.5 Å². The Morgan fingerprint density at radius 3 is 2.25 bits per heavy atom. The molecule has 0 aliphatic carbocycles. The Hall–Kier alpha value is -2.52. The maximum atomic E-state index is 13.2. The first-order valence-corrected chi connectivity index (χ1v) is 10.1. The second-order valence-corrected chi connectivity index (χ2v) is 7.94. The molecule has 2 aromatic carbocycles. The van der Waals surface area contributed by atoms with Crippen LogP contribution in [0.4, 0.5) is 0 Å². The second kappa shape index (κ2) is 9.61. The largest absolute Gasteiger partial charge is 0.345 e. The van der Waals surface area contributed by atoms with E-state index in [9.17, 15) is 4.79 Å². The van der Waals surface area contributed by atoms with Crippen molar-refractivity contribution in [3.05, 3.63) is 95.8 Å². The molecule has 146 valence electrons. The van der Waals surface area contributed by atoms with Gasteiger partial charge >= 0.3 is 0 Å². The zero-order valence-corrected chi connectivity index (χ0v) is 17.2. The Kier molecular flexibility index (Phi) is 6.94. The van der Waals surface area contributed by atoms with Gasteiger partial charge in [0, 0.05) is 25.0 Å². The molecule has 0 bridgehead atoms. The highest BCUT2D eigenvalue weighted by atomic mass is 35.5. The summed E-state index contributed by atoms with van der Waals surface area (Å²) in [5.74, 6) is 0.315. The lowest BCUT2D eigenvalue weighted by Gasteiger charge is -2.27. The molecule has 1 amide bonds. The maximum Gasteiger partial charge on any atom is 0.245 e. The number of carbonyl (C=O) groups excluding carboxylic acids is 1. The Bertz CT molecular complexity index is 874. The zero-order chi connectivity index (χ0) is 19.9. The third-order valence-corrected chi connectivity index (χ3v) is 5.12. The molecule has 0 N–H and O–H groups in total. The van der Waals surface area contributed by atoms with Crippen LogP contribution in [0.1, 0.15) is 36.0 Å². The summed E-state index contributed by atoms with van der Waals surface area (Å²) in [6, 6.07) is 24.0. The van der Waals surface area contributed by atoms with Gasteiger partial charge in [0.25, 0.3) is 0 Å². The van der Waals surface area contributed by atoms with Crippen LogP contribution in [0.3, 0.4) is 0 Å². The van der Waals surface area contributed by atoms with Crippen LogP contribution in [0.5, 0.6) is 0 Å². The van der Waals surface area contributed by atoms with Gasteiger partial charge in [-0.05, 0) is 29.2 Å². The molecule has 1 unspecified atom stereocenters. The molecule has 1 atom stereocenters. The third-order valence-electron chi connectivity index (χ3n) is 4.68. The van der Waals surface area contributed by atoms with Gasteiger partial charge < -0.3 is 9.47 Å². The molecule has 0 saturated carbocycles. The molecule has 1 heterocycles. The standard InChI is InChI=1S/C24H27ClN2O/c1-19(2)16-27(24(28)23(25)21-12-7-4-8-13-21)18-22-14-9-15-26(22)17-20-10-5-3-6-11-20/h3-15,19,23H,16-18H2,1-2H3. The topological polar surface area (TPSA) is 25.2 Å². The highest BCUT2D eigenvalue weighted by Gasteiger charge is 2.25. The van der Waals surface area contributed by atoms with Crippen LogP contribution < -0.4 is 0 Å². The van der Waals surface area contributed by atoms with Crippen molar-refractivity contribution < 1.29 is 4.79 Å². The maximum absolute atomic E-state index is 13.2. The lowest BCUT2D eigenvalue weighted by molar-refractivity contribution is -0.132. The molecule has 0 fully saturated rings. The van der Waals surface area contributed by atoms with Crippen molar-refractivity contribution in [2.45, 2.75) is 32.3 Å². The first-order chi connectivity index (χ1) is 13.5. The fourth-order valence-corrected chi connectivity index (χ4v) is 3.60. The smallest absolute Gasteiger partial charge is 0.245 e. The summed E-state index contributed by atoms with van der Waals surface area (Å²) in [4.78, 5) is 15.0. The molecule has 3 rings (SSSR count). The fourth-order valence-electron chi connectivity index (χ4n) is 3.32. The van der Waals surface area contributed by atoms with Crippen molar-refractivity contribution in [3.63, 3.8) is 0 Å². The van der Waals surface area contributed by atoms with E-state index in [1.165, 1.54) is 5.56 Å². The van der Waals surface area contributed by atoms with E-state index in [-0.39, 0.29) is 5.91 Å². The van der Waals surface area contributed by atoms with Gasteiger partial charge in [0.05, 0.1) is 6.54 Å². The van der Waals surface area contributed by atoms with Crippen molar-refractivity contribution >= 4 is 17.5 Å². The number of benzene rings is 2. The molecule has 3 nitrogen and oxygen atoms in total. The summed E-state index contributed by atoms with van der Waals surface area (Å²) in [6.45, 7) is 6.25. The number of hydrogen-bond acceptors (Lipinski definition) is 1. The number of amides is 1. The average Bonchev–Trinajstić information content (AvgIpc) is 3.14. The van der Waals surface area contributed by atoms with Crippen LogP contribution in [0.15, 0.2) is 79.0 Å². The van der Waals surface area contributed by atoms with E-state index >= 15 is 0 Å². The lowest BCUT2D eigenvalue weighted by atomic mass is 10.1. The second-order valence-electron chi connectivity index (χ2n) is 7.50. The number of halogens is 1. The molecule has 3 aromatic rings. The van der Waals surface area contributed by atoms with E-state index in [0.29, 0.717) is 19.0 Å². The first-order valence-electron chi connectivity index (χ1n) is 9.70. The normalized spacial score (nSPS) is 12.1. The SMILES string of the molecule is CC(C)CN(Cc1cccn1Cc1ccccc1)C(=O)C(Cl)c1ccccc1. The Morgan fingerprint density at radius 1 is 0.964 bits per heavy atom. The van der Waals surface area contributed by atoms with E-state index < -0.39 is 5.38 Å². The third kappa shape index (κ3) is 5.26. The molecular formula is C24H27ClN2O. The lowest BCUT2D eigenvalue weighted by Crippen LogP contribution is -2.36. The van der Waals surface area contributed by atoms with Gasteiger partial charge in [0.2, 0.25) is 5.91 Å². The molecular weight excluding hydrogens is 368 g/mol. The number of carbonyl (C=O) groups is 1. The van der Waals surface area contributed by atoms with Crippen LogP contribution in [0.2, 0.25) is 0 Å². The predicted molar refractivity (Wildman–Crippen MR) is 115 cm³/mol. The van der Waals surface area contributed by atoms with Crippen molar-refractivity contribution in [2.75, 3.05) is 6.54 Å². The van der Waals surface area contributed by atoms with E-state index in [1.54, 1.807) is 0 Å². The number of hydrogen-bond donors (Lipinski definition) is 0. The summed E-state index contributed by atoms with van der Waals surface area (Å²) in [5.41, 5.74) is 3.18. The van der Waals surface area contributed by atoms with Crippen LogP contribution in [-0.4, -0.2) is 21.9 Å². The summed E-state index contributed by atoms with van der Waals surface area (Å²) in [6.07, 6.45) is 2.07. The highest BCUT2D eigenvalue weighted by Crippen LogP contribution is 2.24. The van der Waals surface area contributed by atoms with Gasteiger partial charge in [0.1, 0.15) is 5.38 Å². The zero-order valence-electron chi connectivity index (χ0n) is 16.5. The molecule has 1 aromatic heterocycles. The van der Waals surface area contributed by atoms with Crippen molar-refractivity contribution in [1.29, 1.82) is 0 Å². The number of rotatable bonds is 8. The van der Waals surface area contributed by atoms with Gasteiger partial charge in [0.15, 0.2) is 0 Å². The molecule has 0 aliphatic rings. The average molecular weight is 395 g/mol. The summed E-state index contributed by atoms with van der Waals surface area (Å²) in [5, 5.41) is -0.669. The van der Waals surface area contributed by atoms with Crippen molar-refractivity contribution in [2.24, 2.45) is 5.92 Å². The van der Waals surface area contributed by atoms with E-state index in [2.05, 4.69) is 42.8 Å². The molecule has 0 spiro atoms. The molecule has 0 radical (unpaired) electrons. The van der Waals surface area contributed by atoms with Gasteiger partial charge in [-0.3, -0.25) is 4.79 Å². The van der Waals surface area contributed by atoms with Gasteiger partial charge in [-0.2, -0.15) is 0 Å². The highest BCUT2D eigenvalue weighted by molar-refractivity contribution is 6.30.